The molecule has 3 aliphatic rings. The van der Waals surface area contributed by atoms with Gasteiger partial charge in [-0.1, -0.05) is 73.2 Å². The molecular weight excluding hydrogens is 1150 g/mol. The summed E-state index contributed by atoms with van der Waals surface area (Å²) in [6.45, 7) is 2.05. The monoisotopic (exact) mass is 1190 g/mol. The Kier molecular flexibility index (Phi) is 18.0. The summed E-state index contributed by atoms with van der Waals surface area (Å²) in [6.07, 6.45) is -0.446. The Morgan fingerprint density at radius 3 is 2.08 bits per heavy atom. The number of hydrogen-bond acceptors (Lipinski definition) is 10. The summed E-state index contributed by atoms with van der Waals surface area (Å²) >= 11 is 3.25. The van der Waals surface area contributed by atoms with Gasteiger partial charge in [0.15, 0.2) is 0 Å². The molecule has 7 atom stereocenters. The third kappa shape index (κ3) is 11.8. The third-order valence-corrected chi connectivity index (χ3v) is 20.0. The number of likely N-dealkylation sites (tertiary alicyclic amines) is 2. The number of hydrogen-bond donors (Lipinski definition) is 2. The van der Waals surface area contributed by atoms with E-state index in [1.54, 1.807) is 31.2 Å². The molecule has 0 bridgehead atoms. The maximum absolute atomic E-state index is 14.0. The standard InChI is InChI=1S/C36H38B3I3N6O8P3/c1-20(27(16-42-57-37)26-13-33(53)48(35(26)55)24-10-8-23(9-11-24)44-22-6-4-3-5-7-22)25-12-31(51)46(34(25)54)18-43-17-45(30(50)14-28(21(2)49)58(38)40)19-47-32(52)15-29(36(47)56)59(39)41/h3-11,25-26,28-29,43-44,57H,12-19H2,1-2H3/q-1/b27-20-. The van der Waals surface area contributed by atoms with Crippen molar-refractivity contribution in [3.63, 3.8) is 0 Å². The second-order valence-electron chi connectivity index (χ2n) is 13.9. The Bertz CT molecular complexity index is 2020. The molecular formula is C36H38B3I3N6O8P3-. The van der Waals surface area contributed by atoms with Gasteiger partial charge < -0.3 is 0 Å². The van der Waals surface area contributed by atoms with Crippen LogP contribution in [0.3, 0.4) is 0 Å². The Morgan fingerprint density at radius 1 is 0.864 bits per heavy atom. The maximum atomic E-state index is 14.0. The van der Waals surface area contributed by atoms with Gasteiger partial charge >= 0.3 is 245 Å². The van der Waals surface area contributed by atoms with E-state index in [4.69, 9.17) is 22.7 Å². The number of alkyl halides is 1. The minimum atomic E-state index is -1.36. The van der Waals surface area contributed by atoms with Gasteiger partial charge in [-0.15, -0.1) is 0 Å². The number of para-hydroxylation sites is 1. The van der Waals surface area contributed by atoms with Gasteiger partial charge in [0.2, 0.25) is 11.8 Å². The summed E-state index contributed by atoms with van der Waals surface area (Å²) in [5.74, 6) is -5.31. The van der Waals surface area contributed by atoms with Crippen LogP contribution in [0.4, 0.5) is 17.1 Å². The molecule has 5 rings (SSSR count). The molecule has 7 amide bonds. The molecule has 0 aromatic heterocycles. The number of benzene rings is 2. The van der Waals surface area contributed by atoms with Crippen molar-refractivity contribution >= 4 is 148 Å². The molecule has 3 heterocycles. The van der Waals surface area contributed by atoms with Gasteiger partial charge in [-0.2, -0.15) is 0 Å². The summed E-state index contributed by atoms with van der Waals surface area (Å²) in [5.41, 5.74) is -0.820. The number of rotatable bonds is 19. The first-order valence-corrected chi connectivity index (χ1v) is 32.4. The SMILES string of the molecule is [B]P[I-]C/C(=C(\C)C1CC(=O)N(CNCN(CN2C(=O)CC(P([B])I)C2=O)C(=O)CC(C(C)=O)P([B])I)C1=O)C1CC(=O)N(c2ccc(Nc3ccccc3)cc2)C1=O. The molecule has 3 saturated heterocycles. The van der Waals surface area contributed by atoms with Gasteiger partial charge in [-0.25, -0.2) is 0 Å². The number of carbonyl (C=O) groups is 8. The van der Waals surface area contributed by atoms with E-state index < -0.39 is 96.8 Å². The van der Waals surface area contributed by atoms with Gasteiger partial charge in [0.1, 0.15) is 20.9 Å². The molecule has 14 nitrogen and oxygen atoms in total. The molecule has 2 N–H and O–H groups in total. The molecule has 23 heteroatoms. The minimum absolute atomic E-state index is 0.0847. The molecule has 6 radical (unpaired) electrons. The van der Waals surface area contributed by atoms with Gasteiger partial charge in [-0.3, -0.25) is 14.4 Å². The zero-order valence-electron chi connectivity index (χ0n) is 32.0. The molecule has 2 aromatic carbocycles. The summed E-state index contributed by atoms with van der Waals surface area (Å²) < 4.78 is 0.465. The van der Waals surface area contributed by atoms with Crippen LogP contribution in [-0.4, -0.2) is 120 Å². The normalized spacial score (nSPS) is 21.8. The zero-order chi connectivity index (χ0) is 43.1. The second-order valence-corrected chi connectivity index (χ2v) is 28.6. The van der Waals surface area contributed by atoms with E-state index in [1.165, 1.54) is 16.7 Å². The van der Waals surface area contributed by atoms with Crippen molar-refractivity contribution in [1.82, 2.24) is 20.0 Å². The van der Waals surface area contributed by atoms with Gasteiger partial charge in [0.25, 0.3) is 0 Å². The number of ketones is 1. The molecule has 0 spiro atoms. The first-order valence-electron chi connectivity index (χ1n) is 18.1. The van der Waals surface area contributed by atoms with E-state index in [0.717, 1.165) is 21.2 Å². The van der Waals surface area contributed by atoms with Crippen molar-refractivity contribution in [3.8, 4) is 0 Å². The summed E-state index contributed by atoms with van der Waals surface area (Å²) in [7, 11) is 18.0. The van der Waals surface area contributed by atoms with Crippen molar-refractivity contribution < 1.29 is 59.0 Å². The fourth-order valence-electron chi connectivity index (χ4n) is 6.94. The number of amides is 7. The fourth-order valence-corrected chi connectivity index (χ4v) is 14.6. The van der Waals surface area contributed by atoms with E-state index in [-0.39, 0.29) is 56.8 Å². The van der Waals surface area contributed by atoms with E-state index in [0.29, 0.717) is 21.3 Å². The van der Waals surface area contributed by atoms with Crippen LogP contribution in [0.15, 0.2) is 65.7 Å². The van der Waals surface area contributed by atoms with E-state index in [9.17, 15) is 38.4 Å². The van der Waals surface area contributed by atoms with Gasteiger partial charge in [0, 0.05) is 12.1 Å². The summed E-state index contributed by atoms with van der Waals surface area (Å²) in [5, 5.41) is 6.22. The Balaban J connectivity index is 1.30. The van der Waals surface area contributed by atoms with Crippen LogP contribution in [-0.2, 0) is 38.4 Å². The van der Waals surface area contributed by atoms with Crippen LogP contribution in [0.5, 0.6) is 0 Å². The molecule has 7 unspecified atom stereocenters. The van der Waals surface area contributed by atoms with E-state index >= 15 is 0 Å². The molecule has 306 valence electrons. The number of carbonyl (C=O) groups excluding carboxylic acids is 8. The van der Waals surface area contributed by atoms with Crippen molar-refractivity contribution in [2.75, 3.05) is 34.7 Å². The number of imide groups is 3. The van der Waals surface area contributed by atoms with Crippen LogP contribution >= 0.6 is 61.1 Å². The number of anilines is 3. The van der Waals surface area contributed by atoms with Crippen LogP contribution < -0.4 is 36.2 Å². The Morgan fingerprint density at radius 2 is 1.49 bits per heavy atom. The van der Waals surface area contributed by atoms with Crippen molar-refractivity contribution in [1.29, 1.82) is 0 Å². The second kappa shape index (κ2) is 22.0. The molecule has 0 saturated carbocycles. The Hall–Kier alpha value is -1.83. The van der Waals surface area contributed by atoms with Crippen LogP contribution in [0, 0.1) is 11.8 Å². The van der Waals surface area contributed by atoms with E-state index in [1.807, 2.05) is 74.4 Å². The molecule has 2 aromatic rings. The van der Waals surface area contributed by atoms with Gasteiger partial charge in [0.05, 0.1) is 5.66 Å². The topological polar surface area (TPSA) is 174 Å². The van der Waals surface area contributed by atoms with Crippen molar-refractivity contribution in [2.24, 2.45) is 11.8 Å². The van der Waals surface area contributed by atoms with Crippen molar-refractivity contribution in [2.45, 2.75) is 50.8 Å². The summed E-state index contributed by atoms with van der Waals surface area (Å²) in [4.78, 5) is 111. The number of nitrogens with one attached hydrogen (secondary N) is 2. The number of Topliss-reactive ketones (excluding diaryl/α,β-unsaturated/α-hetero) is 1. The Labute approximate surface area is 386 Å². The average molecular weight is 1190 g/mol. The predicted molar refractivity (Wildman–Crippen MR) is 246 cm³/mol. The molecule has 3 fully saturated rings. The first-order chi connectivity index (χ1) is 28.0. The quantitative estimate of drug-likeness (QED) is 0.0398. The zero-order valence-corrected chi connectivity index (χ0v) is 41.2. The van der Waals surface area contributed by atoms with Crippen LogP contribution in [0.1, 0.15) is 39.5 Å². The van der Waals surface area contributed by atoms with Crippen LogP contribution in [0.2, 0.25) is 0 Å². The molecule has 59 heavy (non-hydrogen) atoms. The van der Waals surface area contributed by atoms with Gasteiger partial charge in [-0.05, 0) is 6.92 Å². The summed E-state index contributed by atoms with van der Waals surface area (Å²) in [6, 6.07) is 16.5. The molecule has 0 aliphatic carbocycles. The predicted octanol–water partition coefficient (Wildman–Crippen LogP) is 1.36. The van der Waals surface area contributed by atoms with Crippen molar-refractivity contribution in [3.05, 3.63) is 65.7 Å². The average Bonchev–Trinajstić information content (AvgIpc) is 3.77. The third-order valence-electron chi connectivity index (χ3n) is 10.2. The first kappa shape index (κ1) is 48.2. The fraction of sp³-hybridized carbons (Fsp3) is 0.389. The van der Waals surface area contributed by atoms with E-state index in [2.05, 4.69) is 10.6 Å². The number of nitrogens with zero attached hydrogens (tertiary/aromatic N) is 4. The van der Waals surface area contributed by atoms with Crippen LogP contribution in [0.25, 0.3) is 0 Å². The molecule has 3 aliphatic heterocycles. The number of halogens is 3.